The Morgan fingerprint density at radius 2 is 1.14 bits per heavy atom. The fraction of sp³-hybridized carbons (Fsp3) is 1.00. The molecule has 2 bridgehead atoms. The smallest absolute Gasteiger partial charge is 0.0445 e. The second-order valence-corrected chi connectivity index (χ2v) is 15.4. The number of rotatable bonds is 11. The van der Waals surface area contributed by atoms with Crippen molar-refractivity contribution >= 4 is 0 Å². The van der Waals surface area contributed by atoms with Crippen molar-refractivity contribution in [2.24, 2.45) is 52.3 Å². The van der Waals surface area contributed by atoms with Crippen molar-refractivity contribution in [3.63, 3.8) is 0 Å². The van der Waals surface area contributed by atoms with Gasteiger partial charge in [0.25, 0.3) is 0 Å². The van der Waals surface area contributed by atoms with Crippen molar-refractivity contribution < 1.29 is 0 Å². The molecular weight excluding hydrogens is 422 g/mol. The molecule has 6 rings (SSSR count). The van der Waals surface area contributed by atoms with Crippen molar-refractivity contribution in [3.05, 3.63) is 0 Å². The van der Waals surface area contributed by atoms with E-state index in [1.807, 2.05) is 0 Å². The topological polar surface area (TPSA) is 3.01 Å². The first kappa shape index (κ1) is 26.6. The maximum atomic E-state index is 3.24. The largest absolute Gasteiger partial charge is 0.282 e. The highest BCUT2D eigenvalue weighted by Gasteiger charge is 3.00. The van der Waals surface area contributed by atoms with Crippen LogP contribution in [0.1, 0.15) is 146 Å². The molecule has 202 valence electrons. The molecule has 3 aliphatic heterocycles. The molecule has 6 aliphatic rings. The lowest BCUT2D eigenvalue weighted by atomic mass is 9.34. The predicted molar refractivity (Wildman–Crippen MR) is 151 cm³/mol. The second kappa shape index (κ2) is 8.48. The Hall–Kier alpha value is -0.0400. The molecule has 3 heterocycles. The zero-order valence-electron chi connectivity index (χ0n) is 25.5. The first-order chi connectivity index (χ1) is 16.5. The van der Waals surface area contributed by atoms with Gasteiger partial charge in [-0.15, -0.1) is 0 Å². The third kappa shape index (κ3) is 2.67. The SMILES string of the molecule is CCCCCCC(CCCCCC)C1C2(C)CC(C)C34C(C)CC(C)C1(C(C)C3C)C1(C)N2C41C. The minimum Gasteiger partial charge on any atom is -0.282 e. The lowest BCUT2D eigenvalue weighted by Gasteiger charge is -2.70. The van der Waals surface area contributed by atoms with Gasteiger partial charge < -0.3 is 0 Å². The normalized spacial score (nSPS) is 55.5. The molecule has 0 aromatic rings. The summed E-state index contributed by atoms with van der Waals surface area (Å²) in [6.07, 6.45) is 17.4. The Morgan fingerprint density at radius 1 is 0.657 bits per heavy atom. The van der Waals surface area contributed by atoms with E-state index in [1.165, 1.54) is 77.0 Å². The van der Waals surface area contributed by atoms with Gasteiger partial charge in [0, 0.05) is 22.0 Å². The van der Waals surface area contributed by atoms with E-state index in [-0.39, 0.29) is 0 Å². The van der Waals surface area contributed by atoms with Gasteiger partial charge in [-0.1, -0.05) is 113 Å². The number of unbranched alkanes of at least 4 members (excludes halogenated alkanes) is 6. The summed E-state index contributed by atoms with van der Waals surface area (Å²) in [5, 5.41) is 0. The summed E-state index contributed by atoms with van der Waals surface area (Å²) in [6.45, 7) is 26.8. The fourth-order valence-electron chi connectivity index (χ4n) is 14.4. The standard InChI is InChI=1S/C34H61N/c1-11-13-15-17-19-28(20-18-16-14-12-2)29-30(8)22-25(5)33-23(3)21-24(4)34(29,27(7)26(33)6)32(10)31(33,9)35(30)32/h23-29H,11-22H2,1-10H3. The van der Waals surface area contributed by atoms with E-state index in [9.17, 15) is 0 Å². The highest BCUT2D eigenvalue weighted by atomic mass is 15.6. The van der Waals surface area contributed by atoms with Crippen LogP contribution in [0.3, 0.4) is 0 Å². The monoisotopic (exact) mass is 483 g/mol. The molecule has 1 nitrogen and oxygen atoms in total. The van der Waals surface area contributed by atoms with E-state index in [0.717, 1.165) is 41.4 Å². The van der Waals surface area contributed by atoms with Crippen LogP contribution >= 0.6 is 0 Å². The molecule has 0 radical (unpaired) electrons. The molecule has 3 saturated heterocycles. The maximum absolute atomic E-state index is 3.24. The van der Waals surface area contributed by atoms with Crippen molar-refractivity contribution in [2.75, 3.05) is 0 Å². The molecule has 6 fully saturated rings. The summed E-state index contributed by atoms with van der Waals surface area (Å²) in [4.78, 5) is 3.24. The van der Waals surface area contributed by atoms with Crippen molar-refractivity contribution in [2.45, 2.75) is 163 Å². The Kier molecular flexibility index (Phi) is 6.44. The number of piperidine rings is 2. The van der Waals surface area contributed by atoms with E-state index in [0.29, 0.717) is 27.4 Å². The van der Waals surface area contributed by atoms with Crippen LogP contribution in [-0.4, -0.2) is 21.5 Å². The van der Waals surface area contributed by atoms with Crippen LogP contribution in [0.4, 0.5) is 0 Å². The van der Waals surface area contributed by atoms with Crippen LogP contribution in [0, 0.1) is 52.3 Å². The van der Waals surface area contributed by atoms with Crippen LogP contribution < -0.4 is 0 Å². The summed E-state index contributed by atoms with van der Waals surface area (Å²) >= 11 is 0. The summed E-state index contributed by atoms with van der Waals surface area (Å²) < 4.78 is 0. The van der Waals surface area contributed by atoms with Gasteiger partial charge in [0.15, 0.2) is 0 Å². The van der Waals surface area contributed by atoms with Crippen molar-refractivity contribution in [1.82, 2.24) is 4.90 Å². The van der Waals surface area contributed by atoms with Crippen LogP contribution in [0.5, 0.6) is 0 Å². The van der Waals surface area contributed by atoms with Gasteiger partial charge in [0.1, 0.15) is 0 Å². The van der Waals surface area contributed by atoms with Crippen LogP contribution in [0.2, 0.25) is 0 Å². The van der Waals surface area contributed by atoms with Gasteiger partial charge in [-0.3, -0.25) is 4.90 Å². The Morgan fingerprint density at radius 3 is 1.69 bits per heavy atom. The molecule has 35 heavy (non-hydrogen) atoms. The molecule has 0 aromatic carbocycles. The summed E-state index contributed by atoms with van der Waals surface area (Å²) in [5.41, 5.74) is 2.21. The molecule has 0 amide bonds. The lowest BCUT2D eigenvalue weighted by Crippen LogP contribution is -2.73. The summed E-state index contributed by atoms with van der Waals surface area (Å²) in [6, 6.07) is 0. The Balaban J connectivity index is 1.63. The molecule has 12 unspecified atom stereocenters. The predicted octanol–water partition coefficient (Wildman–Crippen LogP) is 9.74. The molecular formula is C34H61N. The van der Waals surface area contributed by atoms with Gasteiger partial charge in [0.2, 0.25) is 0 Å². The maximum Gasteiger partial charge on any atom is 0.0445 e. The third-order valence-corrected chi connectivity index (χ3v) is 14.6. The molecule has 3 saturated carbocycles. The third-order valence-electron chi connectivity index (χ3n) is 14.6. The molecule has 2 spiro atoms. The number of nitrogens with zero attached hydrogens (tertiary/aromatic N) is 1. The van der Waals surface area contributed by atoms with Crippen LogP contribution in [0.15, 0.2) is 0 Å². The van der Waals surface area contributed by atoms with E-state index in [4.69, 9.17) is 0 Å². The number of hydrogen-bond acceptors (Lipinski definition) is 1. The lowest BCUT2D eigenvalue weighted by molar-refractivity contribution is -0.197. The van der Waals surface area contributed by atoms with Crippen LogP contribution in [-0.2, 0) is 0 Å². The summed E-state index contributed by atoms with van der Waals surface area (Å²) in [5.74, 6) is 6.03. The molecule has 0 aromatic heterocycles. The van der Waals surface area contributed by atoms with Crippen molar-refractivity contribution in [3.8, 4) is 0 Å². The zero-order chi connectivity index (χ0) is 25.6. The second-order valence-electron chi connectivity index (χ2n) is 15.4. The zero-order valence-corrected chi connectivity index (χ0v) is 25.5. The Bertz CT molecular complexity index is 792. The number of fused-ring (bicyclic) bond motifs is 3. The van der Waals surface area contributed by atoms with Crippen LogP contribution in [0.25, 0.3) is 0 Å². The van der Waals surface area contributed by atoms with Gasteiger partial charge in [0.05, 0.1) is 0 Å². The fourth-order valence-corrected chi connectivity index (χ4v) is 14.4. The highest BCUT2D eigenvalue weighted by Crippen LogP contribution is 2.93. The van der Waals surface area contributed by atoms with Gasteiger partial charge >= 0.3 is 0 Å². The molecule has 12 atom stereocenters. The average molecular weight is 484 g/mol. The van der Waals surface area contributed by atoms with E-state index in [1.54, 1.807) is 0 Å². The Labute approximate surface area is 220 Å². The van der Waals surface area contributed by atoms with Gasteiger partial charge in [-0.2, -0.15) is 0 Å². The minimum absolute atomic E-state index is 0.402. The number of hydrogen-bond donors (Lipinski definition) is 0. The minimum atomic E-state index is 0.402. The molecule has 0 N–H and O–H groups in total. The van der Waals surface area contributed by atoms with E-state index < -0.39 is 0 Å². The quantitative estimate of drug-likeness (QED) is 0.209. The first-order valence-corrected chi connectivity index (χ1v) is 16.3. The highest BCUT2D eigenvalue weighted by molar-refractivity contribution is 5.52. The molecule has 3 aliphatic carbocycles. The summed E-state index contributed by atoms with van der Waals surface area (Å²) in [7, 11) is 0. The van der Waals surface area contributed by atoms with E-state index in [2.05, 4.69) is 74.1 Å². The van der Waals surface area contributed by atoms with E-state index >= 15 is 0 Å². The van der Waals surface area contributed by atoms with Gasteiger partial charge in [-0.25, -0.2) is 0 Å². The van der Waals surface area contributed by atoms with Crippen molar-refractivity contribution in [1.29, 1.82) is 0 Å². The molecule has 1 heteroatoms. The average Bonchev–Trinajstić information content (AvgIpc) is 3.27. The van der Waals surface area contributed by atoms with Gasteiger partial charge in [-0.05, 0) is 80.5 Å². The first-order valence-electron chi connectivity index (χ1n) is 16.3.